The number of hydrogen-bond acceptors (Lipinski definition) is 2. The summed E-state index contributed by atoms with van der Waals surface area (Å²) in [5.74, 6) is 1.66. The fraction of sp³-hybridized carbons (Fsp3) is 0.588. The van der Waals surface area contributed by atoms with E-state index in [1.165, 1.54) is 31.2 Å². The van der Waals surface area contributed by atoms with Crippen LogP contribution in [0.4, 0.5) is 5.69 Å². The first-order valence-electron chi connectivity index (χ1n) is 7.82. The lowest BCUT2D eigenvalue weighted by Crippen LogP contribution is -2.38. The maximum atomic E-state index is 12.5. The Labute approximate surface area is 121 Å². The minimum Gasteiger partial charge on any atom is -0.385 e. The van der Waals surface area contributed by atoms with E-state index in [1.54, 1.807) is 0 Å². The molecule has 3 nitrogen and oxygen atoms in total. The van der Waals surface area contributed by atoms with E-state index in [9.17, 15) is 4.79 Å². The predicted molar refractivity (Wildman–Crippen MR) is 82.0 cm³/mol. The van der Waals surface area contributed by atoms with Crippen molar-refractivity contribution in [1.29, 1.82) is 0 Å². The number of carbonyl (C=O) groups is 1. The smallest absolute Gasteiger partial charge is 0.253 e. The van der Waals surface area contributed by atoms with Crippen molar-refractivity contribution < 1.29 is 4.79 Å². The molecule has 1 amide bonds. The number of fused-ring (bicyclic) bond motifs is 2. The number of hydrogen-bond donors (Lipinski definition) is 2. The highest BCUT2D eigenvalue weighted by atomic mass is 16.1. The number of nitrogens with one attached hydrogen (secondary N) is 2. The number of rotatable bonds is 4. The van der Waals surface area contributed by atoms with Gasteiger partial charge in [0.05, 0.1) is 5.56 Å². The average molecular weight is 272 g/mol. The molecule has 2 fully saturated rings. The van der Waals surface area contributed by atoms with Crippen LogP contribution in [0.3, 0.4) is 0 Å². The fourth-order valence-corrected chi connectivity index (χ4v) is 3.86. The molecular weight excluding hydrogens is 248 g/mol. The monoisotopic (exact) mass is 272 g/mol. The van der Waals surface area contributed by atoms with Gasteiger partial charge in [-0.1, -0.05) is 12.5 Å². The average Bonchev–Trinajstić information content (AvgIpc) is 3.01. The highest BCUT2D eigenvalue weighted by Gasteiger charge is 2.40. The zero-order valence-electron chi connectivity index (χ0n) is 12.4. The van der Waals surface area contributed by atoms with Crippen molar-refractivity contribution in [2.75, 3.05) is 11.9 Å². The molecule has 2 N–H and O–H groups in total. The molecule has 2 saturated carbocycles. The van der Waals surface area contributed by atoms with Crippen LogP contribution in [0.15, 0.2) is 18.2 Å². The molecule has 0 aliphatic heterocycles. The number of amides is 1. The number of benzene rings is 1. The van der Waals surface area contributed by atoms with Crippen molar-refractivity contribution in [1.82, 2.24) is 5.32 Å². The second kappa shape index (κ2) is 5.47. The second-order valence-corrected chi connectivity index (χ2v) is 6.33. The van der Waals surface area contributed by atoms with Gasteiger partial charge in [-0.05, 0) is 62.6 Å². The van der Waals surface area contributed by atoms with Crippen LogP contribution in [-0.4, -0.2) is 18.5 Å². The Hall–Kier alpha value is -1.51. The molecule has 20 heavy (non-hydrogen) atoms. The van der Waals surface area contributed by atoms with Gasteiger partial charge in [0.1, 0.15) is 0 Å². The van der Waals surface area contributed by atoms with Gasteiger partial charge in [-0.25, -0.2) is 0 Å². The molecule has 3 atom stereocenters. The van der Waals surface area contributed by atoms with E-state index >= 15 is 0 Å². The summed E-state index contributed by atoms with van der Waals surface area (Å²) in [7, 11) is 0. The van der Waals surface area contributed by atoms with Gasteiger partial charge in [0.25, 0.3) is 5.91 Å². The fourth-order valence-electron chi connectivity index (χ4n) is 3.86. The first-order valence-corrected chi connectivity index (χ1v) is 7.82. The summed E-state index contributed by atoms with van der Waals surface area (Å²) in [6.07, 6.45) is 5.16. The summed E-state index contributed by atoms with van der Waals surface area (Å²) < 4.78 is 0. The largest absolute Gasteiger partial charge is 0.385 e. The Balaban J connectivity index is 1.73. The SMILES string of the molecule is CCNc1cc(C)ccc1C(=O)NC1CC2CCC1C2. The van der Waals surface area contributed by atoms with Crippen molar-refractivity contribution in [2.45, 2.75) is 45.6 Å². The van der Waals surface area contributed by atoms with Gasteiger partial charge in [-0.3, -0.25) is 4.79 Å². The zero-order chi connectivity index (χ0) is 14.1. The van der Waals surface area contributed by atoms with Gasteiger partial charge < -0.3 is 10.6 Å². The van der Waals surface area contributed by atoms with Gasteiger partial charge in [-0.15, -0.1) is 0 Å². The molecule has 3 rings (SSSR count). The number of carbonyl (C=O) groups excluding carboxylic acids is 1. The van der Waals surface area contributed by atoms with E-state index in [1.807, 2.05) is 12.1 Å². The molecule has 1 aromatic rings. The molecule has 0 aromatic heterocycles. The van der Waals surface area contributed by atoms with Gasteiger partial charge >= 0.3 is 0 Å². The van der Waals surface area contributed by atoms with E-state index in [2.05, 4.69) is 30.5 Å². The van der Waals surface area contributed by atoms with E-state index in [0.29, 0.717) is 6.04 Å². The molecule has 2 bridgehead atoms. The van der Waals surface area contributed by atoms with Crippen LogP contribution in [0.25, 0.3) is 0 Å². The zero-order valence-corrected chi connectivity index (χ0v) is 12.4. The van der Waals surface area contributed by atoms with Crippen LogP contribution >= 0.6 is 0 Å². The molecule has 0 heterocycles. The number of anilines is 1. The normalized spacial score (nSPS) is 27.6. The Morgan fingerprint density at radius 3 is 2.80 bits per heavy atom. The minimum atomic E-state index is 0.0819. The summed E-state index contributed by atoms with van der Waals surface area (Å²) in [6, 6.07) is 6.41. The van der Waals surface area contributed by atoms with Crippen LogP contribution in [0.1, 0.15) is 48.5 Å². The van der Waals surface area contributed by atoms with Crippen LogP contribution in [0.2, 0.25) is 0 Å². The van der Waals surface area contributed by atoms with E-state index in [-0.39, 0.29) is 5.91 Å². The van der Waals surface area contributed by atoms with E-state index in [0.717, 1.165) is 29.6 Å². The van der Waals surface area contributed by atoms with Crippen LogP contribution in [0, 0.1) is 18.8 Å². The Morgan fingerprint density at radius 1 is 1.30 bits per heavy atom. The van der Waals surface area contributed by atoms with E-state index in [4.69, 9.17) is 0 Å². The topological polar surface area (TPSA) is 41.1 Å². The van der Waals surface area contributed by atoms with Crippen LogP contribution < -0.4 is 10.6 Å². The summed E-state index contributed by atoms with van der Waals surface area (Å²) in [5.41, 5.74) is 2.91. The molecule has 0 saturated heterocycles. The van der Waals surface area contributed by atoms with Crippen molar-refractivity contribution in [2.24, 2.45) is 11.8 Å². The maximum Gasteiger partial charge on any atom is 0.253 e. The third kappa shape index (κ3) is 2.54. The second-order valence-electron chi connectivity index (χ2n) is 6.33. The van der Waals surface area contributed by atoms with Crippen molar-refractivity contribution >= 4 is 11.6 Å². The van der Waals surface area contributed by atoms with Gasteiger partial charge in [0.2, 0.25) is 0 Å². The predicted octanol–water partition coefficient (Wildman–Crippen LogP) is 3.35. The third-order valence-corrected chi connectivity index (χ3v) is 4.84. The minimum absolute atomic E-state index is 0.0819. The molecule has 3 unspecified atom stereocenters. The lowest BCUT2D eigenvalue weighted by Gasteiger charge is -2.23. The molecule has 3 heteroatoms. The van der Waals surface area contributed by atoms with Crippen LogP contribution in [0.5, 0.6) is 0 Å². The first kappa shape index (κ1) is 13.5. The lowest BCUT2D eigenvalue weighted by molar-refractivity contribution is 0.0923. The number of aryl methyl sites for hydroxylation is 1. The molecule has 2 aliphatic carbocycles. The third-order valence-electron chi connectivity index (χ3n) is 4.84. The van der Waals surface area contributed by atoms with Gasteiger partial charge in [0.15, 0.2) is 0 Å². The molecule has 0 spiro atoms. The highest BCUT2D eigenvalue weighted by Crippen LogP contribution is 2.44. The molecule has 1 aromatic carbocycles. The highest BCUT2D eigenvalue weighted by molar-refractivity contribution is 6.00. The van der Waals surface area contributed by atoms with E-state index < -0.39 is 0 Å². The Bertz CT molecular complexity index is 512. The van der Waals surface area contributed by atoms with Gasteiger partial charge in [-0.2, -0.15) is 0 Å². The molecule has 108 valence electrons. The summed E-state index contributed by atoms with van der Waals surface area (Å²) in [5, 5.41) is 6.56. The quantitative estimate of drug-likeness (QED) is 0.882. The Kier molecular flexibility index (Phi) is 3.68. The Morgan fingerprint density at radius 2 is 2.15 bits per heavy atom. The maximum absolute atomic E-state index is 12.5. The molecule has 2 aliphatic rings. The summed E-state index contributed by atoms with van der Waals surface area (Å²) >= 11 is 0. The summed E-state index contributed by atoms with van der Waals surface area (Å²) in [6.45, 7) is 4.94. The van der Waals surface area contributed by atoms with Gasteiger partial charge in [0, 0.05) is 18.3 Å². The van der Waals surface area contributed by atoms with Crippen molar-refractivity contribution in [3.63, 3.8) is 0 Å². The van der Waals surface area contributed by atoms with Crippen molar-refractivity contribution in [3.8, 4) is 0 Å². The van der Waals surface area contributed by atoms with Crippen molar-refractivity contribution in [3.05, 3.63) is 29.3 Å². The lowest BCUT2D eigenvalue weighted by atomic mass is 9.95. The first-order chi connectivity index (χ1) is 9.67. The molecule has 0 radical (unpaired) electrons. The summed E-state index contributed by atoms with van der Waals surface area (Å²) in [4.78, 5) is 12.5. The standard InChI is InChI=1S/C17H24N2O/c1-3-18-16-8-11(2)4-7-14(16)17(20)19-15-10-12-5-6-13(15)9-12/h4,7-8,12-13,15,18H,3,5-6,9-10H2,1-2H3,(H,19,20). The van der Waals surface area contributed by atoms with Crippen LogP contribution in [-0.2, 0) is 0 Å². The molecular formula is C17H24N2O.